The molecule has 0 bridgehead atoms. The Kier molecular flexibility index (Phi) is 15.0. The molecule has 0 aliphatic rings. The van der Waals surface area contributed by atoms with Gasteiger partial charge in [-0.15, -0.1) is 0 Å². The highest BCUT2D eigenvalue weighted by Gasteiger charge is 2.37. The van der Waals surface area contributed by atoms with Crippen molar-refractivity contribution in [2.45, 2.75) is 91.0 Å². The summed E-state index contributed by atoms with van der Waals surface area (Å²) in [5.74, 6) is 0. The molecular weight excluding hydrogens is 588 g/mol. The third-order valence-electron chi connectivity index (χ3n) is 7.51. The van der Waals surface area contributed by atoms with Crippen molar-refractivity contribution in [2.75, 3.05) is 26.4 Å². The van der Waals surface area contributed by atoms with Crippen molar-refractivity contribution in [3.8, 4) is 0 Å². The molecule has 0 atom stereocenters. The van der Waals surface area contributed by atoms with Crippen LogP contribution in [0, 0.1) is 0 Å². The smallest absolute Gasteiger partial charge is 0.192 e. The van der Waals surface area contributed by atoms with Gasteiger partial charge in [-0.3, -0.25) is 4.79 Å². The fourth-order valence-corrected chi connectivity index (χ4v) is 5.41. The van der Waals surface area contributed by atoms with Crippen LogP contribution in [0.15, 0.2) is 53.0 Å². The molecule has 0 heterocycles. The number of carbonyl (C=O) groups excluding carboxylic acids is 1. The van der Waals surface area contributed by atoms with E-state index < -0.39 is 16.6 Å². The van der Waals surface area contributed by atoms with Gasteiger partial charge in [0.05, 0.1) is 39.6 Å². The minimum Gasteiger partial charge on any atom is -0.414 e. The lowest BCUT2D eigenvalue weighted by Gasteiger charge is -2.36. The van der Waals surface area contributed by atoms with Crippen molar-refractivity contribution in [3.05, 3.63) is 69.7 Å². The van der Waals surface area contributed by atoms with E-state index in [4.69, 9.17) is 18.3 Å². The van der Waals surface area contributed by atoms with Gasteiger partial charge < -0.3 is 18.3 Å². The molecule has 2 aromatic rings. The predicted molar refractivity (Wildman–Crippen MR) is 172 cm³/mol. The fourth-order valence-electron chi connectivity index (χ4n) is 2.91. The highest BCUT2D eigenvalue weighted by atomic mass is 79.9. The third-order valence-corrected chi connectivity index (χ3v) is 17.1. The van der Waals surface area contributed by atoms with E-state index in [2.05, 4.69) is 95.8 Å². The monoisotopic (exact) mass is 638 g/mol. The molecule has 0 N–H and O–H groups in total. The first-order chi connectivity index (χ1) is 18.0. The number of ether oxygens (including phenoxy) is 2. The van der Waals surface area contributed by atoms with Crippen molar-refractivity contribution < 1.29 is 23.1 Å². The average Bonchev–Trinajstić information content (AvgIpc) is 2.83. The van der Waals surface area contributed by atoms with Gasteiger partial charge in [0, 0.05) is 10.0 Å². The van der Waals surface area contributed by atoms with Gasteiger partial charge in [-0.25, -0.2) is 0 Å². The number of benzene rings is 2. The third kappa shape index (κ3) is 13.9. The molecule has 0 aliphatic carbocycles. The zero-order chi connectivity index (χ0) is 29.7. The molecule has 8 heteroatoms. The molecule has 2 rings (SSSR count). The van der Waals surface area contributed by atoms with E-state index in [1.165, 1.54) is 5.56 Å². The van der Waals surface area contributed by atoms with Crippen LogP contribution < -0.4 is 0 Å². The Morgan fingerprint density at radius 3 is 1.54 bits per heavy atom. The Morgan fingerprint density at radius 1 is 0.692 bits per heavy atom. The van der Waals surface area contributed by atoms with Gasteiger partial charge in [-0.1, -0.05) is 87.8 Å². The van der Waals surface area contributed by atoms with Crippen molar-refractivity contribution in [2.24, 2.45) is 0 Å². The lowest BCUT2D eigenvalue weighted by Crippen LogP contribution is -2.41. The number of hydrogen-bond donors (Lipinski definition) is 0. The summed E-state index contributed by atoms with van der Waals surface area (Å²) < 4.78 is 24.5. The van der Waals surface area contributed by atoms with Crippen LogP contribution in [0.5, 0.6) is 0 Å². The summed E-state index contributed by atoms with van der Waals surface area (Å²) in [5.41, 5.74) is 2.88. The topological polar surface area (TPSA) is 54.0 Å². The maximum atomic E-state index is 10.7. The average molecular weight is 640 g/mol. The highest BCUT2D eigenvalue weighted by Crippen LogP contribution is 2.37. The van der Waals surface area contributed by atoms with Gasteiger partial charge in [0.15, 0.2) is 16.6 Å². The predicted octanol–water partition coefficient (Wildman–Crippen LogP) is 9.03. The minimum absolute atomic E-state index is 0.227. The Bertz CT molecular complexity index is 997. The van der Waals surface area contributed by atoms with Gasteiger partial charge in [0.25, 0.3) is 0 Å². The first-order valence-corrected chi connectivity index (χ1v) is 20.3. The van der Waals surface area contributed by atoms with E-state index in [1.807, 2.05) is 30.3 Å². The van der Waals surface area contributed by atoms with Crippen molar-refractivity contribution in [1.82, 2.24) is 0 Å². The largest absolute Gasteiger partial charge is 0.414 e. The molecule has 0 saturated carbocycles. The summed E-state index contributed by atoms with van der Waals surface area (Å²) in [6, 6.07) is 15.7. The Hall–Kier alpha value is -1.14. The van der Waals surface area contributed by atoms with Crippen molar-refractivity contribution in [3.63, 3.8) is 0 Å². The summed E-state index contributed by atoms with van der Waals surface area (Å²) in [6.45, 7) is 26.1. The van der Waals surface area contributed by atoms with Crippen LogP contribution in [0.1, 0.15) is 63.0 Å². The van der Waals surface area contributed by atoms with Crippen molar-refractivity contribution >= 4 is 38.9 Å². The first-order valence-electron chi connectivity index (χ1n) is 13.7. The molecule has 220 valence electrons. The Labute approximate surface area is 248 Å². The lowest BCUT2D eigenvalue weighted by atomic mass is 10.1. The summed E-state index contributed by atoms with van der Waals surface area (Å²) in [4.78, 5) is 10.7. The normalized spacial score (nSPS) is 12.6. The van der Waals surface area contributed by atoms with E-state index in [0.29, 0.717) is 45.2 Å². The number of rotatable bonds is 13. The van der Waals surface area contributed by atoms with Gasteiger partial charge in [0.1, 0.15) is 6.29 Å². The minimum atomic E-state index is -1.68. The van der Waals surface area contributed by atoms with Crippen LogP contribution >= 0.6 is 15.9 Å². The molecule has 0 amide bonds. The zero-order valence-corrected chi connectivity index (χ0v) is 29.4. The van der Waals surface area contributed by atoms with Gasteiger partial charge in [-0.05, 0) is 65.6 Å². The molecular formula is C31H51BrO5Si2. The van der Waals surface area contributed by atoms with E-state index in [9.17, 15) is 4.79 Å². The van der Waals surface area contributed by atoms with Crippen LogP contribution in [0.2, 0.25) is 36.3 Å². The van der Waals surface area contributed by atoms with Gasteiger partial charge >= 0.3 is 0 Å². The van der Waals surface area contributed by atoms with Crippen molar-refractivity contribution in [1.29, 1.82) is 0 Å². The highest BCUT2D eigenvalue weighted by molar-refractivity contribution is 9.10. The maximum absolute atomic E-state index is 10.7. The van der Waals surface area contributed by atoms with E-state index in [1.54, 1.807) is 6.07 Å². The van der Waals surface area contributed by atoms with Crippen LogP contribution in [0.25, 0.3) is 0 Å². The molecule has 0 aliphatic heterocycles. The van der Waals surface area contributed by atoms with Crippen LogP contribution in [0.4, 0.5) is 0 Å². The number of carbonyl (C=O) groups is 1. The molecule has 0 aromatic heterocycles. The molecule has 39 heavy (non-hydrogen) atoms. The number of aldehydes is 1. The Balaban J connectivity index is 0.000000391. The van der Waals surface area contributed by atoms with E-state index >= 15 is 0 Å². The second kappa shape index (κ2) is 16.3. The molecule has 0 radical (unpaired) electrons. The second-order valence-electron chi connectivity index (χ2n) is 12.8. The standard InChI is InChI=1S/C16H26O3Si.C15H25BrO2Si/c1-16(2,3)20(4,5)19-10-9-18-13-15-8-6-7-14(11-15)12-17;1-15(2,3)19(4,5)18-10-9-17-12-13-7-6-8-14(16)11-13/h6-8,11-12H,9-10,13H2,1-5H3;6-8,11H,9-10,12H2,1-5H3. The SMILES string of the molecule is CC(C)(C)[Si](C)(C)OCCOCc1cccc(Br)c1.CC(C)(C)[Si](C)(C)OCCOCc1cccc(C=O)c1. The zero-order valence-electron chi connectivity index (χ0n) is 25.9. The summed E-state index contributed by atoms with van der Waals surface area (Å²) in [7, 11) is -3.31. The first kappa shape index (κ1) is 35.9. The summed E-state index contributed by atoms with van der Waals surface area (Å²) in [6.07, 6.45) is 0.851. The molecule has 0 spiro atoms. The summed E-state index contributed by atoms with van der Waals surface area (Å²) in [5, 5.41) is 0.489. The molecule has 2 aromatic carbocycles. The Morgan fingerprint density at radius 2 is 1.13 bits per heavy atom. The lowest BCUT2D eigenvalue weighted by molar-refractivity contribution is 0.0845. The molecule has 0 fully saturated rings. The maximum Gasteiger partial charge on any atom is 0.192 e. The molecule has 0 saturated heterocycles. The number of hydrogen-bond acceptors (Lipinski definition) is 5. The van der Waals surface area contributed by atoms with Gasteiger partial charge in [-0.2, -0.15) is 0 Å². The van der Waals surface area contributed by atoms with E-state index in [-0.39, 0.29) is 10.1 Å². The molecule has 0 unspecified atom stereocenters. The van der Waals surface area contributed by atoms with Crippen LogP contribution in [-0.2, 0) is 31.5 Å². The fraction of sp³-hybridized carbons (Fsp3) is 0.581. The molecule has 5 nitrogen and oxygen atoms in total. The van der Waals surface area contributed by atoms with Gasteiger partial charge in [0.2, 0.25) is 0 Å². The summed E-state index contributed by atoms with van der Waals surface area (Å²) >= 11 is 3.46. The number of halogens is 1. The van der Waals surface area contributed by atoms with E-state index in [0.717, 1.165) is 16.3 Å². The second-order valence-corrected chi connectivity index (χ2v) is 23.3. The quantitative estimate of drug-likeness (QED) is 0.124. The van der Waals surface area contributed by atoms with Crippen LogP contribution in [-0.4, -0.2) is 49.3 Å². The van der Waals surface area contributed by atoms with Crippen LogP contribution in [0.3, 0.4) is 0 Å².